The van der Waals surface area contributed by atoms with Crippen LogP contribution in [0.4, 0.5) is 4.79 Å². The molecule has 2 amide bonds. The van der Waals surface area contributed by atoms with Crippen molar-refractivity contribution in [2.45, 2.75) is 37.8 Å². The van der Waals surface area contributed by atoms with Crippen LogP contribution in [0.3, 0.4) is 0 Å². The average Bonchev–Trinajstić information content (AvgIpc) is 2.41. The number of hydrogen-bond donors (Lipinski definition) is 2. The summed E-state index contributed by atoms with van der Waals surface area (Å²) in [6.07, 6.45) is 4.42. The Hall–Kier alpha value is -1.10. The van der Waals surface area contributed by atoms with Gasteiger partial charge in [-0.2, -0.15) is 5.10 Å². The number of urea groups is 1. The lowest BCUT2D eigenvalue weighted by Gasteiger charge is -2.31. The van der Waals surface area contributed by atoms with E-state index in [1.54, 1.807) is 0 Å². The quantitative estimate of drug-likeness (QED) is 0.591. The summed E-state index contributed by atoms with van der Waals surface area (Å²) < 4.78 is 0. The maximum atomic E-state index is 10.5. The van der Waals surface area contributed by atoms with Gasteiger partial charge in [-0.25, -0.2) is 10.2 Å². The molecule has 0 saturated carbocycles. The molecule has 5 heteroatoms. The van der Waals surface area contributed by atoms with Gasteiger partial charge in [-0.1, -0.05) is 0 Å². The third-order valence-corrected chi connectivity index (χ3v) is 3.25. The number of nitrogens with two attached hydrogens (primary N) is 1. The van der Waals surface area contributed by atoms with Gasteiger partial charge in [0, 0.05) is 30.6 Å². The topological polar surface area (TPSA) is 70.7 Å². The van der Waals surface area contributed by atoms with Gasteiger partial charge >= 0.3 is 6.03 Å². The summed E-state index contributed by atoms with van der Waals surface area (Å²) >= 11 is 0. The summed E-state index contributed by atoms with van der Waals surface area (Å²) in [6.45, 7) is 0. The third kappa shape index (κ3) is 1.72. The molecule has 2 aliphatic heterocycles. The van der Waals surface area contributed by atoms with Crippen LogP contribution < -0.4 is 11.2 Å². The smallest absolute Gasteiger partial charge is 0.332 e. The maximum Gasteiger partial charge on any atom is 0.332 e. The molecule has 3 N–H and O–H groups in total. The molecule has 2 heterocycles. The van der Waals surface area contributed by atoms with Crippen molar-refractivity contribution in [3.8, 4) is 0 Å². The predicted molar refractivity (Wildman–Crippen MR) is 54.0 cm³/mol. The van der Waals surface area contributed by atoms with Crippen LogP contribution >= 0.6 is 0 Å². The Morgan fingerprint density at radius 3 is 2.57 bits per heavy atom. The van der Waals surface area contributed by atoms with Gasteiger partial charge in [0.25, 0.3) is 0 Å². The first-order valence-electron chi connectivity index (χ1n) is 4.99. The van der Waals surface area contributed by atoms with Crippen molar-refractivity contribution in [3.05, 3.63) is 0 Å². The van der Waals surface area contributed by atoms with Crippen molar-refractivity contribution in [3.63, 3.8) is 0 Å². The Kier molecular flexibility index (Phi) is 2.41. The molecule has 78 valence electrons. The number of nitrogens with one attached hydrogen (secondary N) is 1. The molecular weight excluding hydrogens is 180 g/mol. The second kappa shape index (κ2) is 3.57. The largest absolute Gasteiger partial charge is 0.350 e. The molecule has 0 aromatic heterocycles. The summed E-state index contributed by atoms with van der Waals surface area (Å²) in [5.41, 5.74) is 8.34. The van der Waals surface area contributed by atoms with Crippen molar-refractivity contribution < 1.29 is 4.79 Å². The van der Waals surface area contributed by atoms with Crippen LogP contribution in [0, 0.1) is 0 Å². The lowest BCUT2D eigenvalue weighted by molar-refractivity contribution is 0.230. The molecule has 2 aliphatic rings. The normalized spacial score (nSPS) is 34.8. The van der Waals surface area contributed by atoms with Gasteiger partial charge in [0.15, 0.2) is 0 Å². The summed E-state index contributed by atoms with van der Waals surface area (Å²) in [5.74, 6) is 0. The fraction of sp³-hybridized carbons (Fsp3) is 0.778. The Balaban J connectivity index is 1.99. The molecule has 2 bridgehead atoms. The first-order chi connectivity index (χ1) is 6.66. The highest BCUT2D eigenvalue weighted by atomic mass is 16.2. The summed E-state index contributed by atoms with van der Waals surface area (Å²) in [4.78, 5) is 12.9. The SMILES string of the molecule is CN1[C@@H]2CC[C@H]1CC(=NNC(N)=O)C2. The fourth-order valence-corrected chi connectivity index (χ4v) is 2.44. The molecular formula is C9H16N4O. The molecule has 0 spiro atoms. The number of hydrogen-bond acceptors (Lipinski definition) is 3. The minimum atomic E-state index is -0.580. The molecule has 14 heavy (non-hydrogen) atoms. The van der Waals surface area contributed by atoms with E-state index in [-0.39, 0.29) is 0 Å². The van der Waals surface area contributed by atoms with Crippen molar-refractivity contribution >= 4 is 11.7 Å². The lowest BCUT2D eigenvalue weighted by Crippen LogP contribution is -2.41. The Morgan fingerprint density at radius 1 is 1.50 bits per heavy atom. The second-order valence-corrected chi connectivity index (χ2v) is 4.11. The number of carbonyl (C=O) groups excluding carboxylic acids is 1. The van der Waals surface area contributed by atoms with E-state index in [0.29, 0.717) is 12.1 Å². The highest BCUT2D eigenvalue weighted by molar-refractivity contribution is 5.87. The van der Waals surface area contributed by atoms with Crippen LogP contribution in [0.1, 0.15) is 25.7 Å². The number of fused-ring (bicyclic) bond motifs is 2. The van der Waals surface area contributed by atoms with Crippen LogP contribution in [0.25, 0.3) is 0 Å². The average molecular weight is 196 g/mol. The van der Waals surface area contributed by atoms with E-state index < -0.39 is 6.03 Å². The van der Waals surface area contributed by atoms with Gasteiger partial charge in [-0.05, 0) is 19.9 Å². The third-order valence-electron chi connectivity index (χ3n) is 3.25. The molecule has 0 radical (unpaired) electrons. The minimum Gasteiger partial charge on any atom is -0.350 e. The van der Waals surface area contributed by atoms with Crippen LogP contribution in [-0.4, -0.2) is 35.8 Å². The summed E-state index contributed by atoms with van der Waals surface area (Å²) in [5, 5.41) is 4.02. The zero-order chi connectivity index (χ0) is 10.1. The van der Waals surface area contributed by atoms with E-state index in [4.69, 9.17) is 5.73 Å². The predicted octanol–water partition coefficient (Wildman–Crippen LogP) is 0.267. The van der Waals surface area contributed by atoms with Crippen molar-refractivity contribution in [1.29, 1.82) is 0 Å². The first-order valence-corrected chi connectivity index (χ1v) is 4.99. The van der Waals surface area contributed by atoms with E-state index in [1.165, 1.54) is 12.8 Å². The number of hydrazone groups is 1. The molecule has 0 aromatic rings. The van der Waals surface area contributed by atoms with Gasteiger partial charge in [-0.3, -0.25) is 4.90 Å². The van der Waals surface area contributed by atoms with Crippen LogP contribution in [0.5, 0.6) is 0 Å². The number of amides is 2. The number of piperidine rings is 1. The van der Waals surface area contributed by atoms with E-state index in [1.807, 2.05) is 0 Å². The zero-order valence-corrected chi connectivity index (χ0v) is 8.36. The van der Waals surface area contributed by atoms with Crippen LogP contribution in [0.15, 0.2) is 5.10 Å². The highest BCUT2D eigenvalue weighted by Crippen LogP contribution is 2.32. The Morgan fingerprint density at radius 2 is 2.07 bits per heavy atom. The monoisotopic (exact) mass is 196 g/mol. The zero-order valence-electron chi connectivity index (χ0n) is 8.36. The highest BCUT2D eigenvalue weighted by Gasteiger charge is 2.36. The standard InChI is InChI=1S/C9H16N4O/c1-13-7-2-3-8(13)5-6(4-7)11-12-9(10)14/h7-8H,2-5H2,1H3,(H3,10,12,14)/t7-,8+. The fourth-order valence-electron chi connectivity index (χ4n) is 2.44. The van der Waals surface area contributed by atoms with Gasteiger partial charge in [-0.15, -0.1) is 0 Å². The number of primary amides is 1. The Labute approximate surface area is 83.3 Å². The van der Waals surface area contributed by atoms with Crippen LogP contribution in [0.2, 0.25) is 0 Å². The molecule has 5 nitrogen and oxygen atoms in total. The summed E-state index contributed by atoms with van der Waals surface area (Å²) in [7, 11) is 2.17. The van der Waals surface area contributed by atoms with E-state index in [0.717, 1.165) is 18.6 Å². The van der Waals surface area contributed by atoms with E-state index >= 15 is 0 Å². The lowest BCUT2D eigenvalue weighted by atomic mass is 10.0. The van der Waals surface area contributed by atoms with E-state index in [9.17, 15) is 4.79 Å². The van der Waals surface area contributed by atoms with Gasteiger partial charge in [0.2, 0.25) is 0 Å². The number of carbonyl (C=O) groups is 1. The Bertz CT molecular complexity index is 260. The van der Waals surface area contributed by atoms with Gasteiger partial charge in [0.1, 0.15) is 0 Å². The molecule has 2 fully saturated rings. The van der Waals surface area contributed by atoms with Crippen LogP contribution in [-0.2, 0) is 0 Å². The number of nitrogens with zero attached hydrogens (tertiary/aromatic N) is 2. The second-order valence-electron chi connectivity index (χ2n) is 4.11. The first kappa shape index (κ1) is 9.45. The summed E-state index contributed by atoms with van der Waals surface area (Å²) in [6, 6.07) is 0.646. The van der Waals surface area contributed by atoms with Gasteiger partial charge in [0.05, 0.1) is 0 Å². The molecule has 0 unspecified atom stereocenters. The minimum absolute atomic E-state index is 0.580. The van der Waals surface area contributed by atoms with E-state index in [2.05, 4.69) is 22.5 Å². The van der Waals surface area contributed by atoms with Crippen molar-refractivity contribution in [2.24, 2.45) is 10.8 Å². The maximum absolute atomic E-state index is 10.5. The van der Waals surface area contributed by atoms with Crippen molar-refractivity contribution in [1.82, 2.24) is 10.3 Å². The molecule has 2 atom stereocenters. The molecule has 0 aliphatic carbocycles. The number of rotatable bonds is 1. The molecule has 2 saturated heterocycles. The van der Waals surface area contributed by atoms with Crippen molar-refractivity contribution in [2.75, 3.05) is 7.05 Å². The molecule has 0 aromatic carbocycles. The molecule has 2 rings (SSSR count). The van der Waals surface area contributed by atoms with Gasteiger partial charge < -0.3 is 5.73 Å².